The van der Waals surface area contributed by atoms with E-state index < -0.39 is 15.8 Å². The molecule has 0 aromatic heterocycles. The molecule has 2 saturated heterocycles. The lowest BCUT2D eigenvalue weighted by atomic mass is 9.97. The molecule has 0 spiro atoms. The number of amides is 1. The van der Waals surface area contributed by atoms with Gasteiger partial charge in [-0.3, -0.25) is 9.69 Å². The molecule has 3 rings (SSSR count). The van der Waals surface area contributed by atoms with Crippen molar-refractivity contribution in [2.24, 2.45) is 5.92 Å². The molecule has 2 atom stereocenters. The fourth-order valence-electron chi connectivity index (χ4n) is 4.24. The number of halogens is 1. The van der Waals surface area contributed by atoms with Crippen molar-refractivity contribution in [2.75, 3.05) is 39.3 Å². The quantitative estimate of drug-likeness (QED) is 0.654. The lowest BCUT2D eigenvalue weighted by Crippen LogP contribution is -2.46. The Kier molecular flexibility index (Phi) is 7.84. The van der Waals surface area contributed by atoms with Gasteiger partial charge in [-0.25, -0.2) is 12.8 Å². The maximum absolute atomic E-state index is 13.1. The molecular weight excluding hydrogens is 409 g/mol. The largest absolute Gasteiger partial charge is 0.373 e. The highest BCUT2D eigenvalue weighted by Gasteiger charge is 2.32. The molecule has 2 fully saturated rings. The number of hydrogen-bond donors (Lipinski definition) is 1. The van der Waals surface area contributed by atoms with E-state index in [1.54, 1.807) is 0 Å². The van der Waals surface area contributed by atoms with Crippen molar-refractivity contribution < 1.29 is 22.3 Å². The fraction of sp³-hybridized carbons (Fsp3) is 0.667. The van der Waals surface area contributed by atoms with E-state index in [2.05, 4.69) is 24.1 Å². The summed E-state index contributed by atoms with van der Waals surface area (Å²) in [6.07, 6.45) is 2.33. The van der Waals surface area contributed by atoms with Crippen molar-refractivity contribution in [1.29, 1.82) is 0 Å². The summed E-state index contributed by atoms with van der Waals surface area (Å²) < 4.78 is 45.5. The summed E-state index contributed by atoms with van der Waals surface area (Å²) in [4.78, 5) is 14.9. The van der Waals surface area contributed by atoms with E-state index in [4.69, 9.17) is 4.74 Å². The summed E-state index contributed by atoms with van der Waals surface area (Å²) >= 11 is 0. The molecule has 2 heterocycles. The van der Waals surface area contributed by atoms with Crippen LogP contribution in [0.2, 0.25) is 0 Å². The SMILES string of the molecule is C[C@H]1CN(CCCNC(=O)C2CCN(S(=O)(=O)c3ccc(F)cc3)CC2)C[C@H](C)O1. The molecule has 30 heavy (non-hydrogen) atoms. The summed E-state index contributed by atoms with van der Waals surface area (Å²) in [6, 6.07) is 4.84. The number of sulfonamides is 1. The Morgan fingerprint density at radius 2 is 1.73 bits per heavy atom. The summed E-state index contributed by atoms with van der Waals surface area (Å²) in [5.74, 6) is -0.646. The van der Waals surface area contributed by atoms with E-state index in [1.807, 2.05) is 0 Å². The van der Waals surface area contributed by atoms with Gasteiger partial charge in [-0.05, 0) is 57.4 Å². The Balaban J connectivity index is 1.39. The topological polar surface area (TPSA) is 79.0 Å². The molecule has 0 unspecified atom stereocenters. The third-order valence-electron chi connectivity index (χ3n) is 5.72. The number of hydrogen-bond acceptors (Lipinski definition) is 5. The number of carbonyl (C=O) groups is 1. The van der Waals surface area contributed by atoms with Crippen molar-refractivity contribution in [2.45, 2.75) is 50.2 Å². The number of nitrogens with one attached hydrogen (secondary N) is 1. The maximum Gasteiger partial charge on any atom is 0.243 e. The van der Waals surface area contributed by atoms with Gasteiger partial charge in [-0.1, -0.05) is 0 Å². The first-order valence-corrected chi connectivity index (χ1v) is 12.1. The van der Waals surface area contributed by atoms with Gasteiger partial charge in [0.05, 0.1) is 17.1 Å². The van der Waals surface area contributed by atoms with Gasteiger partial charge in [-0.15, -0.1) is 0 Å². The van der Waals surface area contributed by atoms with Crippen LogP contribution >= 0.6 is 0 Å². The minimum atomic E-state index is -3.65. The Morgan fingerprint density at radius 1 is 1.13 bits per heavy atom. The Hall–Kier alpha value is -1.55. The van der Waals surface area contributed by atoms with Crippen LogP contribution in [0.4, 0.5) is 4.39 Å². The van der Waals surface area contributed by atoms with Gasteiger partial charge in [0.25, 0.3) is 0 Å². The van der Waals surface area contributed by atoms with Crippen molar-refractivity contribution in [3.8, 4) is 0 Å². The third-order valence-corrected chi connectivity index (χ3v) is 7.63. The second-order valence-electron chi connectivity index (χ2n) is 8.29. The van der Waals surface area contributed by atoms with E-state index in [-0.39, 0.29) is 28.9 Å². The summed E-state index contributed by atoms with van der Waals surface area (Å²) in [7, 11) is -3.65. The highest BCUT2D eigenvalue weighted by Crippen LogP contribution is 2.24. The van der Waals surface area contributed by atoms with Crippen LogP contribution in [0.15, 0.2) is 29.2 Å². The Morgan fingerprint density at radius 3 is 2.33 bits per heavy atom. The highest BCUT2D eigenvalue weighted by atomic mass is 32.2. The Labute approximate surface area is 178 Å². The lowest BCUT2D eigenvalue weighted by Gasteiger charge is -2.35. The number of piperidine rings is 1. The molecule has 9 heteroatoms. The van der Waals surface area contributed by atoms with Gasteiger partial charge < -0.3 is 10.1 Å². The predicted molar refractivity (Wildman–Crippen MR) is 112 cm³/mol. The van der Waals surface area contributed by atoms with Gasteiger partial charge in [0, 0.05) is 45.2 Å². The van der Waals surface area contributed by atoms with E-state index in [9.17, 15) is 17.6 Å². The fourth-order valence-corrected chi connectivity index (χ4v) is 5.71. The van der Waals surface area contributed by atoms with Crippen LogP contribution in [0.25, 0.3) is 0 Å². The first kappa shape index (κ1) is 23.1. The molecule has 1 aromatic carbocycles. The van der Waals surface area contributed by atoms with Crippen LogP contribution in [0.1, 0.15) is 33.1 Å². The van der Waals surface area contributed by atoms with Crippen LogP contribution < -0.4 is 5.32 Å². The smallest absolute Gasteiger partial charge is 0.243 e. The van der Waals surface area contributed by atoms with Crippen LogP contribution in [-0.4, -0.2) is 75.0 Å². The van der Waals surface area contributed by atoms with Gasteiger partial charge in [0.2, 0.25) is 15.9 Å². The van der Waals surface area contributed by atoms with Crippen molar-refractivity contribution >= 4 is 15.9 Å². The Bertz CT molecular complexity index is 800. The van der Waals surface area contributed by atoms with E-state index in [1.165, 1.54) is 16.4 Å². The van der Waals surface area contributed by atoms with Crippen LogP contribution in [0, 0.1) is 11.7 Å². The van der Waals surface area contributed by atoms with E-state index in [0.29, 0.717) is 32.5 Å². The molecule has 2 aliphatic rings. The van der Waals surface area contributed by atoms with Crippen LogP contribution in [0.5, 0.6) is 0 Å². The molecule has 1 N–H and O–H groups in total. The first-order chi connectivity index (χ1) is 14.3. The third kappa shape index (κ3) is 6.00. The van der Waals surface area contributed by atoms with Gasteiger partial charge in [0.1, 0.15) is 5.82 Å². The van der Waals surface area contributed by atoms with Crippen LogP contribution in [0.3, 0.4) is 0 Å². The molecule has 0 saturated carbocycles. The highest BCUT2D eigenvalue weighted by molar-refractivity contribution is 7.89. The molecule has 0 aliphatic carbocycles. The number of rotatable bonds is 7. The average molecular weight is 442 g/mol. The average Bonchev–Trinajstić information content (AvgIpc) is 2.71. The summed E-state index contributed by atoms with van der Waals surface area (Å²) in [5, 5.41) is 3.00. The zero-order chi connectivity index (χ0) is 21.7. The van der Waals surface area contributed by atoms with Gasteiger partial charge >= 0.3 is 0 Å². The van der Waals surface area contributed by atoms with Crippen LogP contribution in [-0.2, 0) is 19.6 Å². The van der Waals surface area contributed by atoms with Gasteiger partial charge in [-0.2, -0.15) is 4.31 Å². The number of morpholine rings is 1. The standard InChI is InChI=1S/C21H32FN3O4S/c1-16-14-24(15-17(2)29-16)11-3-10-23-21(26)18-8-12-25(13-9-18)30(27,28)20-6-4-19(22)5-7-20/h4-7,16-18H,3,8-15H2,1-2H3,(H,23,26)/t16-,17-/m0/s1. The lowest BCUT2D eigenvalue weighted by molar-refractivity contribution is -0.126. The van der Waals surface area contributed by atoms with E-state index >= 15 is 0 Å². The molecule has 0 bridgehead atoms. The monoisotopic (exact) mass is 441 g/mol. The van der Waals surface area contributed by atoms with Crippen molar-refractivity contribution in [3.05, 3.63) is 30.1 Å². The summed E-state index contributed by atoms with van der Waals surface area (Å²) in [6.45, 7) is 8.11. The number of benzene rings is 1. The summed E-state index contributed by atoms with van der Waals surface area (Å²) in [5.41, 5.74) is 0. The minimum absolute atomic E-state index is 0.00227. The zero-order valence-corrected chi connectivity index (χ0v) is 18.5. The van der Waals surface area contributed by atoms with Crippen molar-refractivity contribution in [1.82, 2.24) is 14.5 Å². The second kappa shape index (κ2) is 10.2. The van der Waals surface area contributed by atoms with Gasteiger partial charge in [0.15, 0.2) is 0 Å². The molecular formula is C21H32FN3O4S. The second-order valence-corrected chi connectivity index (χ2v) is 10.2. The normalized spacial score (nSPS) is 24.6. The molecule has 7 nitrogen and oxygen atoms in total. The van der Waals surface area contributed by atoms with Crippen molar-refractivity contribution in [3.63, 3.8) is 0 Å². The molecule has 168 valence electrons. The number of carbonyl (C=O) groups excluding carboxylic acids is 1. The first-order valence-electron chi connectivity index (χ1n) is 10.7. The zero-order valence-electron chi connectivity index (χ0n) is 17.7. The predicted octanol–water partition coefficient (Wildman–Crippen LogP) is 1.84. The molecule has 2 aliphatic heterocycles. The molecule has 1 aromatic rings. The van der Waals surface area contributed by atoms with E-state index in [0.717, 1.165) is 38.2 Å². The minimum Gasteiger partial charge on any atom is -0.373 e. The number of ether oxygens (including phenoxy) is 1. The maximum atomic E-state index is 13.1. The molecule has 1 amide bonds. The number of nitrogens with zero attached hydrogens (tertiary/aromatic N) is 2. The molecule has 0 radical (unpaired) electrons.